The number of nitrogens with zero attached hydrogens (tertiary/aromatic N) is 3. The highest BCUT2D eigenvalue weighted by Crippen LogP contribution is 2.37. The van der Waals surface area contributed by atoms with Crippen LogP contribution in [0.25, 0.3) is 27.9 Å². The Bertz CT molecular complexity index is 1700. The highest BCUT2D eigenvalue weighted by atomic mass is 32.2. The van der Waals surface area contributed by atoms with Crippen molar-refractivity contribution in [2.45, 2.75) is 31.9 Å². The predicted octanol–water partition coefficient (Wildman–Crippen LogP) is 3.50. The number of alkyl halides is 2. The third kappa shape index (κ3) is 4.21. The largest absolute Gasteiger partial charge is 0.354 e. The van der Waals surface area contributed by atoms with Gasteiger partial charge in [-0.1, -0.05) is 5.16 Å². The van der Waals surface area contributed by atoms with Gasteiger partial charge in [-0.05, 0) is 13.0 Å². The second kappa shape index (κ2) is 8.48. The minimum absolute atomic E-state index is 0.180. The lowest BCUT2D eigenvalue weighted by Gasteiger charge is -2.32. The van der Waals surface area contributed by atoms with Crippen molar-refractivity contribution in [1.82, 2.24) is 19.0 Å². The molecule has 5 rings (SSSR count). The van der Waals surface area contributed by atoms with Crippen LogP contribution in [0.5, 0.6) is 0 Å². The van der Waals surface area contributed by atoms with Crippen molar-refractivity contribution in [2.75, 3.05) is 5.75 Å². The van der Waals surface area contributed by atoms with E-state index < -0.39 is 86.6 Å². The van der Waals surface area contributed by atoms with Crippen LogP contribution in [-0.4, -0.2) is 40.4 Å². The molecule has 0 fully saturated rings. The maximum absolute atomic E-state index is 14.8. The summed E-state index contributed by atoms with van der Waals surface area (Å²) in [5.41, 5.74) is -2.73. The molecule has 1 aliphatic heterocycles. The van der Waals surface area contributed by atoms with E-state index in [0.717, 1.165) is 27.5 Å². The third-order valence-electron chi connectivity index (χ3n) is 6.08. The van der Waals surface area contributed by atoms with E-state index in [1.165, 1.54) is 6.92 Å². The van der Waals surface area contributed by atoms with E-state index in [9.17, 15) is 39.6 Å². The molecule has 2 aromatic heterocycles. The van der Waals surface area contributed by atoms with Gasteiger partial charge in [-0.15, -0.1) is 0 Å². The summed E-state index contributed by atoms with van der Waals surface area (Å²) in [6, 6.07) is 0.405. The molecule has 0 bridgehead atoms. The van der Waals surface area contributed by atoms with Gasteiger partial charge in [-0.2, -0.15) is 0 Å². The Morgan fingerprint density at radius 1 is 1.11 bits per heavy atom. The van der Waals surface area contributed by atoms with E-state index in [1.807, 2.05) is 4.72 Å². The molecule has 0 radical (unpaired) electrons. The Labute approximate surface area is 204 Å². The maximum Gasteiger partial charge on any atom is 0.334 e. The summed E-state index contributed by atoms with van der Waals surface area (Å²) >= 11 is 0. The van der Waals surface area contributed by atoms with Crippen LogP contribution in [0.3, 0.4) is 0 Å². The summed E-state index contributed by atoms with van der Waals surface area (Å²) in [6.07, 6.45) is -0.00673. The molecule has 0 saturated heterocycles. The van der Waals surface area contributed by atoms with Crippen LogP contribution in [-0.2, 0) is 23.0 Å². The number of rotatable bonds is 5. The average molecular weight is 546 g/mol. The van der Waals surface area contributed by atoms with Crippen LogP contribution in [0.2, 0.25) is 0 Å². The average Bonchev–Trinajstić information content (AvgIpc) is 3.33. The van der Waals surface area contributed by atoms with Crippen LogP contribution < -0.4 is 10.4 Å². The fourth-order valence-electron chi connectivity index (χ4n) is 4.30. The number of halogens is 6. The zero-order chi connectivity index (χ0) is 26.9. The van der Waals surface area contributed by atoms with Crippen molar-refractivity contribution in [3.05, 3.63) is 69.9 Å². The van der Waals surface area contributed by atoms with E-state index in [2.05, 4.69) is 5.16 Å². The smallest absolute Gasteiger partial charge is 0.334 e. The first kappa shape index (κ1) is 25.1. The molecule has 0 amide bonds. The highest BCUT2D eigenvalue weighted by molar-refractivity contribution is 7.89. The van der Waals surface area contributed by atoms with Gasteiger partial charge in [0, 0.05) is 42.2 Å². The normalized spacial score (nSPS) is 17.3. The van der Waals surface area contributed by atoms with Crippen LogP contribution in [0.1, 0.15) is 12.6 Å². The Balaban J connectivity index is 1.69. The number of nitrogens with one attached hydrogen (secondary N) is 1. The van der Waals surface area contributed by atoms with Gasteiger partial charge in [-0.3, -0.25) is 4.57 Å². The second-order valence-electron chi connectivity index (χ2n) is 8.47. The van der Waals surface area contributed by atoms with E-state index >= 15 is 0 Å². The van der Waals surface area contributed by atoms with Crippen LogP contribution in [0.15, 0.2) is 39.8 Å². The summed E-state index contributed by atoms with van der Waals surface area (Å²) in [6.45, 7) is 0.548. The first-order valence-electron chi connectivity index (χ1n) is 10.7. The number of hydrogen-bond acceptors (Lipinski definition) is 5. The Hall–Kier alpha value is -3.59. The van der Waals surface area contributed by atoms with Gasteiger partial charge >= 0.3 is 5.69 Å². The van der Waals surface area contributed by atoms with Gasteiger partial charge in [0.2, 0.25) is 10.0 Å². The standard InChI is InChI=1S/C22H16F6N4O4S/c1-2-37(34,35)30-17-9-31-12(7-22(17,27)28)8-32(21(31)33)20-19-13(3-10(23)6-16(19)36-29-20)18-14(25)4-11(24)5-15(18)26/h3-6,8,17,30H,2,7,9H2,1H3/t17-/m1/s1. The van der Waals surface area contributed by atoms with Crippen LogP contribution >= 0.6 is 0 Å². The van der Waals surface area contributed by atoms with E-state index in [0.29, 0.717) is 12.1 Å². The molecule has 0 unspecified atom stereocenters. The number of imidazole rings is 1. The molecule has 1 atom stereocenters. The Kier molecular flexibility index (Phi) is 5.75. The second-order valence-corrected chi connectivity index (χ2v) is 10.5. The molecule has 0 aliphatic carbocycles. The van der Waals surface area contributed by atoms with Gasteiger partial charge in [0.25, 0.3) is 5.92 Å². The minimum Gasteiger partial charge on any atom is -0.354 e. The lowest BCUT2D eigenvalue weighted by molar-refractivity contribution is -0.0468. The molecule has 0 spiro atoms. The Morgan fingerprint density at radius 3 is 2.41 bits per heavy atom. The molecule has 1 N–H and O–H groups in total. The molecular weight excluding hydrogens is 530 g/mol. The maximum atomic E-state index is 14.8. The first-order chi connectivity index (χ1) is 17.3. The number of fused-ring (bicyclic) bond motifs is 2. The Morgan fingerprint density at radius 2 is 1.76 bits per heavy atom. The summed E-state index contributed by atoms with van der Waals surface area (Å²) < 4.78 is 119. The minimum atomic E-state index is -4.04. The summed E-state index contributed by atoms with van der Waals surface area (Å²) in [7, 11) is -4.04. The molecule has 8 nitrogen and oxygen atoms in total. The van der Waals surface area contributed by atoms with Crippen molar-refractivity contribution in [2.24, 2.45) is 0 Å². The summed E-state index contributed by atoms with van der Waals surface area (Å²) in [5, 5.41) is 3.45. The molecule has 0 saturated carbocycles. The van der Waals surface area contributed by atoms with E-state index in [1.54, 1.807) is 0 Å². The topological polar surface area (TPSA) is 99.1 Å². The SMILES string of the molecule is CCS(=O)(=O)N[C@@H]1Cn2c(cn(-c3noc4cc(F)cc(-c5c(F)cc(F)cc5F)c34)c2=O)CC1(F)F. The quantitative estimate of drug-likeness (QED) is 0.387. The molecular formula is C22H16F6N4O4S. The summed E-state index contributed by atoms with van der Waals surface area (Å²) in [5.74, 6) is -9.35. The van der Waals surface area contributed by atoms with Crippen LogP contribution in [0, 0.1) is 23.3 Å². The van der Waals surface area contributed by atoms with Crippen molar-refractivity contribution in [3.63, 3.8) is 0 Å². The van der Waals surface area contributed by atoms with Crippen molar-refractivity contribution < 1.29 is 39.3 Å². The number of aromatic nitrogens is 3. The third-order valence-corrected chi connectivity index (χ3v) is 7.48. The zero-order valence-corrected chi connectivity index (χ0v) is 19.6. The van der Waals surface area contributed by atoms with Gasteiger partial charge in [0.05, 0.1) is 23.1 Å². The molecule has 196 valence electrons. The van der Waals surface area contributed by atoms with Crippen molar-refractivity contribution in [3.8, 4) is 16.9 Å². The van der Waals surface area contributed by atoms with Crippen LogP contribution in [0.4, 0.5) is 26.3 Å². The fourth-order valence-corrected chi connectivity index (χ4v) is 5.15. The lowest BCUT2D eigenvalue weighted by Crippen LogP contribution is -2.55. The van der Waals surface area contributed by atoms with Gasteiger partial charge in [0.1, 0.15) is 29.3 Å². The van der Waals surface area contributed by atoms with Gasteiger partial charge in [0.15, 0.2) is 11.4 Å². The number of benzene rings is 2. The molecule has 37 heavy (non-hydrogen) atoms. The van der Waals surface area contributed by atoms with Gasteiger partial charge in [-0.25, -0.2) is 48.8 Å². The fraction of sp³-hybridized carbons (Fsp3) is 0.273. The first-order valence-corrected chi connectivity index (χ1v) is 12.4. The molecule has 2 aromatic carbocycles. The zero-order valence-electron chi connectivity index (χ0n) is 18.7. The molecule has 3 heterocycles. The summed E-state index contributed by atoms with van der Waals surface area (Å²) in [4.78, 5) is 13.2. The van der Waals surface area contributed by atoms with Crippen molar-refractivity contribution in [1.29, 1.82) is 0 Å². The molecule has 4 aromatic rings. The highest BCUT2D eigenvalue weighted by Gasteiger charge is 2.47. The predicted molar refractivity (Wildman–Crippen MR) is 118 cm³/mol. The van der Waals surface area contributed by atoms with Gasteiger partial charge < -0.3 is 4.52 Å². The molecule has 1 aliphatic rings. The molecule has 15 heteroatoms. The van der Waals surface area contributed by atoms with E-state index in [-0.39, 0.29) is 16.7 Å². The number of hydrogen-bond donors (Lipinski definition) is 1. The lowest BCUT2D eigenvalue weighted by atomic mass is 10.00. The van der Waals surface area contributed by atoms with E-state index in [4.69, 9.17) is 4.52 Å². The van der Waals surface area contributed by atoms with Crippen molar-refractivity contribution >= 4 is 21.0 Å². The number of sulfonamides is 1. The monoisotopic (exact) mass is 546 g/mol.